The van der Waals surface area contributed by atoms with Crippen LogP contribution >= 0.6 is 18.5 Å². The molecule has 0 saturated carbocycles. The molecule has 2 aromatic carbocycles. The first kappa shape index (κ1) is 32.6. The van der Waals surface area contributed by atoms with Crippen molar-refractivity contribution >= 4 is 57.5 Å². The van der Waals surface area contributed by atoms with Crippen molar-refractivity contribution in [3.8, 4) is 22.1 Å². The van der Waals surface area contributed by atoms with Crippen LogP contribution in [-0.2, 0) is 15.8 Å². The third kappa shape index (κ3) is 8.05. The minimum absolute atomic E-state index is 0.0401. The van der Waals surface area contributed by atoms with Crippen LogP contribution in [0, 0.1) is 5.82 Å². The lowest BCUT2D eigenvalue weighted by Crippen LogP contribution is -2.32. The number of carbonyl (C=O) groups is 2. The molecule has 0 atom stereocenters. The number of aromatic nitrogens is 2. The summed E-state index contributed by atoms with van der Waals surface area (Å²) in [5.74, 6) is -0.325. The van der Waals surface area contributed by atoms with Gasteiger partial charge in [0.1, 0.15) is 12.9 Å². The Hall–Kier alpha value is -4.84. The molecule has 0 unspecified atom stereocenters. The summed E-state index contributed by atoms with van der Waals surface area (Å²) in [7, 11) is -0.985. The summed E-state index contributed by atoms with van der Waals surface area (Å²) in [5, 5.41) is 15.3. The van der Waals surface area contributed by atoms with Crippen LogP contribution in [0.4, 0.5) is 25.4 Å². The lowest BCUT2D eigenvalue weighted by Gasteiger charge is -2.18. The number of halogens is 1. The van der Waals surface area contributed by atoms with E-state index in [9.17, 15) is 19.3 Å². The molecule has 46 heavy (non-hydrogen) atoms. The van der Waals surface area contributed by atoms with Gasteiger partial charge in [-0.25, -0.2) is 14.0 Å². The molecule has 0 radical (unpaired) electrons. The van der Waals surface area contributed by atoms with Gasteiger partial charge in [0.05, 0.1) is 33.9 Å². The van der Waals surface area contributed by atoms with Crippen molar-refractivity contribution in [2.75, 3.05) is 44.2 Å². The van der Waals surface area contributed by atoms with Gasteiger partial charge in [-0.15, -0.1) is 11.3 Å². The molecule has 0 fully saturated rings. The second kappa shape index (κ2) is 14.1. The molecule has 0 saturated heterocycles. The van der Waals surface area contributed by atoms with Crippen molar-refractivity contribution in [1.82, 2.24) is 14.9 Å². The maximum absolute atomic E-state index is 15.1. The SMILES string of the molecule is COCCN(Cc1ccc(-c2cc3nccc(Oc4ccc(NC(=O)Nc5cccc(P(C)(C)=O)c5)cc4F)c3s2)nc1)C(=O)O. The molecule has 238 valence electrons. The van der Waals surface area contributed by atoms with Crippen LogP contribution in [-0.4, -0.2) is 65.7 Å². The third-order valence-electron chi connectivity index (χ3n) is 6.80. The zero-order valence-corrected chi connectivity index (χ0v) is 26.9. The van der Waals surface area contributed by atoms with E-state index in [1.165, 1.54) is 35.5 Å². The molecule has 0 bridgehead atoms. The summed E-state index contributed by atoms with van der Waals surface area (Å²) in [5.41, 5.74) is 2.72. The Morgan fingerprint density at radius 2 is 1.78 bits per heavy atom. The fourth-order valence-electron chi connectivity index (χ4n) is 4.44. The van der Waals surface area contributed by atoms with E-state index in [0.717, 1.165) is 16.5 Å². The molecule has 5 rings (SSSR count). The van der Waals surface area contributed by atoms with Crippen molar-refractivity contribution in [2.24, 2.45) is 0 Å². The number of carbonyl (C=O) groups excluding carboxylic acids is 1. The van der Waals surface area contributed by atoms with Gasteiger partial charge < -0.3 is 34.7 Å². The average molecular weight is 664 g/mol. The summed E-state index contributed by atoms with van der Waals surface area (Å²) in [6.07, 6.45) is 2.15. The van der Waals surface area contributed by atoms with Crippen molar-refractivity contribution in [3.63, 3.8) is 0 Å². The first-order valence-electron chi connectivity index (χ1n) is 14.0. The number of hydrogen-bond acceptors (Lipinski definition) is 8. The Kier molecular flexibility index (Phi) is 9.96. The van der Waals surface area contributed by atoms with Gasteiger partial charge in [0.25, 0.3) is 0 Å². The first-order valence-corrected chi connectivity index (χ1v) is 17.4. The Labute approximate surface area is 268 Å². The molecule has 3 heterocycles. The minimum Gasteiger partial charge on any atom is -0.465 e. The maximum Gasteiger partial charge on any atom is 0.407 e. The van der Waals surface area contributed by atoms with Crippen LogP contribution in [0.1, 0.15) is 5.56 Å². The molecule has 14 heteroatoms. The van der Waals surface area contributed by atoms with Crippen LogP contribution in [0.3, 0.4) is 0 Å². The fourth-order valence-corrected chi connectivity index (χ4v) is 6.38. The van der Waals surface area contributed by atoms with E-state index in [4.69, 9.17) is 9.47 Å². The summed E-state index contributed by atoms with van der Waals surface area (Å²) < 4.78 is 39.1. The van der Waals surface area contributed by atoms with E-state index in [0.29, 0.717) is 39.3 Å². The number of anilines is 2. The van der Waals surface area contributed by atoms with E-state index < -0.39 is 25.1 Å². The van der Waals surface area contributed by atoms with E-state index in [-0.39, 0.29) is 24.5 Å². The number of nitrogens with one attached hydrogen (secondary N) is 2. The highest BCUT2D eigenvalue weighted by Gasteiger charge is 2.16. The second-order valence-electron chi connectivity index (χ2n) is 10.6. The lowest BCUT2D eigenvalue weighted by molar-refractivity contribution is 0.115. The van der Waals surface area contributed by atoms with E-state index in [1.54, 1.807) is 62.1 Å². The summed E-state index contributed by atoms with van der Waals surface area (Å²) >= 11 is 1.38. The number of rotatable bonds is 11. The molecule has 3 amide bonds. The van der Waals surface area contributed by atoms with Crippen LogP contribution in [0.2, 0.25) is 0 Å². The highest BCUT2D eigenvalue weighted by molar-refractivity contribution is 7.70. The minimum atomic E-state index is -2.50. The number of thiophene rings is 1. The molecule has 11 nitrogen and oxygen atoms in total. The smallest absolute Gasteiger partial charge is 0.407 e. The van der Waals surface area contributed by atoms with E-state index in [2.05, 4.69) is 20.6 Å². The van der Waals surface area contributed by atoms with Gasteiger partial charge in [-0.2, -0.15) is 0 Å². The largest absolute Gasteiger partial charge is 0.465 e. The highest BCUT2D eigenvalue weighted by atomic mass is 32.1. The van der Waals surface area contributed by atoms with Crippen LogP contribution in [0.15, 0.2) is 79.1 Å². The molecular formula is C32H31FN5O6PS. The first-order chi connectivity index (χ1) is 22.0. The lowest BCUT2D eigenvalue weighted by atomic mass is 10.2. The monoisotopic (exact) mass is 663 g/mol. The van der Waals surface area contributed by atoms with Gasteiger partial charge in [0.2, 0.25) is 0 Å². The molecule has 0 aliphatic rings. The highest BCUT2D eigenvalue weighted by Crippen LogP contribution is 2.39. The predicted molar refractivity (Wildman–Crippen MR) is 178 cm³/mol. The number of methoxy groups -OCH3 is 1. The number of carboxylic acid groups (broad SMARTS) is 1. The number of ether oxygens (including phenoxy) is 2. The summed E-state index contributed by atoms with van der Waals surface area (Å²) in [4.78, 5) is 35.0. The van der Waals surface area contributed by atoms with Crippen molar-refractivity contribution in [1.29, 1.82) is 0 Å². The number of urea groups is 1. The quantitative estimate of drug-likeness (QED) is 0.125. The van der Waals surface area contributed by atoms with Crippen molar-refractivity contribution in [3.05, 3.63) is 90.5 Å². The number of benzene rings is 2. The van der Waals surface area contributed by atoms with E-state index in [1.807, 2.05) is 12.1 Å². The zero-order valence-electron chi connectivity index (χ0n) is 25.2. The Morgan fingerprint density at radius 3 is 2.46 bits per heavy atom. The number of amides is 3. The second-order valence-corrected chi connectivity index (χ2v) is 14.9. The van der Waals surface area contributed by atoms with Gasteiger partial charge in [0, 0.05) is 54.9 Å². The number of hydrogen-bond donors (Lipinski definition) is 3. The molecule has 5 aromatic rings. The van der Waals surface area contributed by atoms with Gasteiger partial charge >= 0.3 is 12.1 Å². The molecule has 3 N–H and O–H groups in total. The normalized spacial score (nSPS) is 11.3. The predicted octanol–water partition coefficient (Wildman–Crippen LogP) is 7.31. The molecular weight excluding hydrogens is 632 g/mol. The standard InChI is InChI=1S/C32H31FN5O6PS/c1-43-14-13-38(32(40)41)19-20-7-9-25(35-18-20)29-17-26-30(46-29)28(11-12-34-26)44-27-10-8-22(16-24(27)33)37-31(39)36-21-5-4-6-23(15-21)45(2,3)42/h4-12,15-18H,13-14,19H2,1-3H3,(H,40,41)(H2,36,37,39). The summed E-state index contributed by atoms with van der Waals surface area (Å²) in [6, 6.07) is 17.4. The Morgan fingerprint density at radius 1 is 1.00 bits per heavy atom. The number of pyridine rings is 2. The number of fused-ring (bicyclic) bond motifs is 1. The van der Waals surface area contributed by atoms with Crippen molar-refractivity contribution < 1.29 is 33.1 Å². The van der Waals surface area contributed by atoms with Gasteiger partial charge in [0.15, 0.2) is 11.6 Å². The van der Waals surface area contributed by atoms with E-state index >= 15 is 4.39 Å². The van der Waals surface area contributed by atoms with Crippen LogP contribution < -0.4 is 20.7 Å². The van der Waals surface area contributed by atoms with Crippen LogP contribution in [0.5, 0.6) is 11.5 Å². The number of nitrogens with zero attached hydrogens (tertiary/aromatic N) is 3. The molecule has 3 aromatic heterocycles. The topological polar surface area (TPSA) is 143 Å². The fraction of sp³-hybridized carbons (Fsp3) is 0.188. The molecule has 0 spiro atoms. The van der Waals surface area contributed by atoms with Crippen LogP contribution in [0.25, 0.3) is 20.8 Å². The van der Waals surface area contributed by atoms with Gasteiger partial charge in [-0.3, -0.25) is 9.97 Å². The Balaban J connectivity index is 1.27. The average Bonchev–Trinajstić information content (AvgIpc) is 3.46. The maximum atomic E-state index is 15.1. The third-order valence-corrected chi connectivity index (χ3v) is 9.48. The van der Waals surface area contributed by atoms with Gasteiger partial charge in [-0.05, 0) is 55.3 Å². The molecule has 0 aliphatic heterocycles. The zero-order chi connectivity index (χ0) is 32.8. The Bertz CT molecular complexity index is 1930. The summed E-state index contributed by atoms with van der Waals surface area (Å²) in [6.45, 7) is 4.01. The molecule has 0 aliphatic carbocycles. The van der Waals surface area contributed by atoms with Gasteiger partial charge in [-0.1, -0.05) is 18.2 Å². The van der Waals surface area contributed by atoms with Crippen molar-refractivity contribution in [2.45, 2.75) is 6.54 Å².